The summed E-state index contributed by atoms with van der Waals surface area (Å²) in [6.45, 7) is 2.78. The molecule has 1 aromatic rings. The van der Waals surface area contributed by atoms with E-state index in [1.165, 1.54) is 5.56 Å². The molecule has 2 rings (SSSR count). The summed E-state index contributed by atoms with van der Waals surface area (Å²) in [7, 11) is 0. The Morgan fingerprint density at radius 1 is 1.44 bits per heavy atom. The highest BCUT2D eigenvalue weighted by atomic mass is 35.5. The van der Waals surface area contributed by atoms with Crippen molar-refractivity contribution in [3.05, 3.63) is 35.9 Å². The molecule has 1 aliphatic heterocycles. The highest BCUT2D eigenvalue weighted by Crippen LogP contribution is 2.30. The summed E-state index contributed by atoms with van der Waals surface area (Å²) in [5.74, 6) is 0.177. The van der Waals surface area contributed by atoms with Crippen molar-refractivity contribution in [2.75, 3.05) is 6.54 Å². The molecule has 86 valence electrons. The molecule has 1 aliphatic rings. The third-order valence-corrected chi connectivity index (χ3v) is 3.35. The zero-order valence-corrected chi connectivity index (χ0v) is 10.2. The van der Waals surface area contributed by atoms with E-state index in [4.69, 9.17) is 11.6 Å². The van der Waals surface area contributed by atoms with Gasteiger partial charge in [-0.2, -0.15) is 0 Å². The molecule has 16 heavy (non-hydrogen) atoms. The molecule has 2 nitrogen and oxygen atoms in total. The van der Waals surface area contributed by atoms with Crippen LogP contribution in [0.1, 0.15) is 31.4 Å². The lowest BCUT2D eigenvalue weighted by molar-refractivity contribution is -0.129. The van der Waals surface area contributed by atoms with Crippen LogP contribution >= 0.6 is 11.6 Å². The molecule has 2 atom stereocenters. The summed E-state index contributed by atoms with van der Waals surface area (Å²) in [5, 5.41) is -0.0229. The van der Waals surface area contributed by atoms with Crippen molar-refractivity contribution >= 4 is 17.5 Å². The number of carbonyl (C=O) groups excluding carboxylic acids is 1. The first-order valence-corrected chi connectivity index (χ1v) is 6.14. The number of benzene rings is 1. The first kappa shape index (κ1) is 11.5. The Hall–Kier alpha value is -1.02. The molecule has 0 aliphatic carbocycles. The quantitative estimate of drug-likeness (QED) is 0.741. The van der Waals surface area contributed by atoms with Crippen molar-refractivity contribution in [3.63, 3.8) is 0 Å². The van der Waals surface area contributed by atoms with E-state index >= 15 is 0 Å². The Morgan fingerprint density at radius 2 is 2.12 bits per heavy atom. The van der Waals surface area contributed by atoms with Crippen LogP contribution in [0.2, 0.25) is 0 Å². The van der Waals surface area contributed by atoms with E-state index in [0.717, 1.165) is 6.42 Å². The topological polar surface area (TPSA) is 20.3 Å². The van der Waals surface area contributed by atoms with Gasteiger partial charge in [0.15, 0.2) is 0 Å². The standard InChI is InChI=1S/C13H16ClNO/c1-2-12(10-6-4-3-5-7-10)15-9-11(14)8-13(15)16/h3-7,11-12H,2,8-9H2,1H3/t11?,12-/m0/s1. The van der Waals surface area contributed by atoms with Crippen LogP contribution in [0.15, 0.2) is 30.3 Å². The molecule has 0 saturated carbocycles. The predicted octanol–water partition coefficient (Wildman–Crippen LogP) is 2.98. The van der Waals surface area contributed by atoms with Gasteiger partial charge in [0.2, 0.25) is 5.91 Å². The van der Waals surface area contributed by atoms with E-state index in [0.29, 0.717) is 13.0 Å². The molecule has 1 unspecified atom stereocenters. The number of alkyl halides is 1. The number of nitrogens with zero attached hydrogens (tertiary/aromatic N) is 1. The van der Waals surface area contributed by atoms with Gasteiger partial charge in [0.1, 0.15) is 0 Å². The second kappa shape index (κ2) is 4.88. The minimum absolute atomic E-state index is 0.0229. The van der Waals surface area contributed by atoms with E-state index in [-0.39, 0.29) is 17.3 Å². The van der Waals surface area contributed by atoms with Gasteiger partial charge in [-0.25, -0.2) is 0 Å². The van der Waals surface area contributed by atoms with Gasteiger partial charge in [-0.05, 0) is 12.0 Å². The van der Waals surface area contributed by atoms with Crippen molar-refractivity contribution < 1.29 is 4.79 Å². The number of halogens is 1. The summed E-state index contributed by atoms with van der Waals surface area (Å²) in [6, 6.07) is 10.3. The molecule has 0 spiro atoms. The van der Waals surface area contributed by atoms with Gasteiger partial charge in [-0.15, -0.1) is 11.6 Å². The normalized spacial score (nSPS) is 22.5. The maximum Gasteiger partial charge on any atom is 0.224 e. The lowest BCUT2D eigenvalue weighted by Crippen LogP contribution is -2.30. The molecule has 1 aromatic carbocycles. The van der Waals surface area contributed by atoms with Crippen LogP contribution < -0.4 is 0 Å². The number of carbonyl (C=O) groups is 1. The molecule has 3 heteroatoms. The van der Waals surface area contributed by atoms with E-state index in [2.05, 4.69) is 19.1 Å². The Balaban J connectivity index is 2.20. The molecule has 0 aromatic heterocycles. The van der Waals surface area contributed by atoms with Crippen LogP contribution in [-0.2, 0) is 4.79 Å². The van der Waals surface area contributed by atoms with Gasteiger partial charge < -0.3 is 4.90 Å². The number of rotatable bonds is 3. The van der Waals surface area contributed by atoms with Crippen molar-refractivity contribution in [1.82, 2.24) is 4.90 Å². The summed E-state index contributed by atoms with van der Waals surface area (Å²) < 4.78 is 0. The number of likely N-dealkylation sites (tertiary alicyclic amines) is 1. The average molecular weight is 238 g/mol. The minimum atomic E-state index is -0.0229. The largest absolute Gasteiger partial charge is 0.334 e. The highest BCUT2D eigenvalue weighted by molar-refractivity contribution is 6.22. The van der Waals surface area contributed by atoms with Crippen molar-refractivity contribution in [2.24, 2.45) is 0 Å². The highest BCUT2D eigenvalue weighted by Gasteiger charge is 2.32. The van der Waals surface area contributed by atoms with Gasteiger partial charge in [0, 0.05) is 13.0 Å². The fourth-order valence-corrected chi connectivity index (χ4v) is 2.58. The van der Waals surface area contributed by atoms with Gasteiger partial charge in [-0.1, -0.05) is 37.3 Å². The second-order valence-electron chi connectivity index (χ2n) is 4.18. The van der Waals surface area contributed by atoms with Gasteiger partial charge in [-0.3, -0.25) is 4.79 Å². The van der Waals surface area contributed by atoms with Crippen molar-refractivity contribution in [3.8, 4) is 0 Å². The van der Waals surface area contributed by atoms with E-state index in [1.807, 2.05) is 23.1 Å². The lowest BCUT2D eigenvalue weighted by Gasteiger charge is -2.27. The predicted molar refractivity (Wildman–Crippen MR) is 65.4 cm³/mol. The monoisotopic (exact) mass is 237 g/mol. The minimum Gasteiger partial charge on any atom is -0.334 e. The zero-order valence-electron chi connectivity index (χ0n) is 9.40. The number of hydrogen-bond acceptors (Lipinski definition) is 1. The van der Waals surface area contributed by atoms with E-state index < -0.39 is 0 Å². The van der Waals surface area contributed by atoms with Crippen LogP contribution in [-0.4, -0.2) is 22.7 Å². The van der Waals surface area contributed by atoms with Gasteiger partial charge in [0.05, 0.1) is 11.4 Å². The van der Waals surface area contributed by atoms with Crippen LogP contribution in [0.5, 0.6) is 0 Å². The summed E-state index contributed by atoms with van der Waals surface area (Å²) in [5.41, 5.74) is 1.20. The SMILES string of the molecule is CC[C@@H](c1ccccc1)N1CC(Cl)CC1=O. The second-order valence-corrected chi connectivity index (χ2v) is 4.80. The molecule has 0 N–H and O–H groups in total. The van der Waals surface area contributed by atoms with Crippen LogP contribution in [0.25, 0.3) is 0 Å². The Labute approximate surface area is 101 Å². The van der Waals surface area contributed by atoms with E-state index in [9.17, 15) is 4.79 Å². The molecule has 1 fully saturated rings. The Bertz CT molecular complexity index is 365. The third kappa shape index (κ3) is 2.22. The smallest absolute Gasteiger partial charge is 0.224 e. The lowest BCUT2D eigenvalue weighted by atomic mass is 10.0. The average Bonchev–Trinajstić information content (AvgIpc) is 2.61. The summed E-state index contributed by atoms with van der Waals surface area (Å²) >= 11 is 6.03. The number of amides is 1. The Morgan fingerprint density at radius 3 is 2.62 bits per heavy atom. The molecule has 0 bridgehead atoms. The third-order valence-electron chi connectivity index (χ3n) is 3.06. The van der Waals surface area contributed by atoms with Crippen LogP contribution in [0.4, 0.5) is 0 Å². The van der Waals surface area contributed by atoms with Crippen molar-refractivity contribution in [2.45, 2.75) is 31.2 Å². The van der Waals surface area contributed by atoms with Crippen molar-refractivity contribution in [1.29, 1.82) is 0 Å². The number of hydrogen-bond donors (Lipinski definition) is 0. The molecule has 1 saturated heterocycles. The Kier molecular flexibility index (Phi) is 3.49. The summed E-state index contributed by atoms with van der Waals surface area (Å²) in [4.78, 5) is 13.7. The molecule has 1 heterocycles. The molecule has 0 radical (unpaired) electrons. The van der Waals surface area contributed by atoms with Crippen LogP contribution in [0.3, 0.4) is 0 Å². The molecular formula is C13H16ClNO. The zero-order chi connectivity index (χ0) is 11.5. The first-order valence-electron chi connectivity index (χ1n) is 5.71. The first-order chi connectivity index (χ1) is 7.72. The fourth-order valence-electron chi connectivity index (χ4n) is 2.30. The van der Waals surface area contributed by atoms with E-state index in [1.54, 1.807) is 0 Å². The van der Waals surface area contributed by atoms with Gasteiger partial charge in [0.25, 0.3) is 0 Å². The maximum atomic E-state index is 11.8. The summed E-state index contributed by atoms with van der Waals surface area (Å²) in [6.07, 6.45) is 1.41. The van der Waals surface area contributed by atoms with Gasteiger partial charge >= 0.3 is 0 Å². The maximum absolute atomic E-state index is 11.8. The molecule has 1 amide bonds. The molecular weight excluding hydrogens is 222 g/mol. The fraction of sp³-hybridized carbons (Fsp3) is 0.462. The van der Waals surface area contributed by atoms with Crippen LogP contribution in [0, 0.1) is 0 Å².